The smallest absolute Gasteiger partial charge is 0.254 e. The molecule has 28 heavy (non-hydrogen) atoms. The molecule has 0 unspecified atom stereocenters. The number of ether oxygens (including phenoxy) is 2. The van der Waals surface area contributed by atoms with E-state index in [0.29, 0.717) is 40.2 Å². The van der Waals surface area contributed by atoms with Crippen LogP contribution in [0, 0.1) is 0 Å². The van der Waals surface area contributed by atoms with Gasteiger partial charge in [-0.3, -0.25) is 4.79 Å². The molecule has 2 aromatic carbocycles. The van der Waals surface area contributed by atoms with Crippen molar-refractivity contribution in [1.82, 2.24) is 9.80 Å². The van der Waals surface area contributed by atoms with Crippen LogP contribution in [0.4, 0.5) is 0 Å². The number of nitrogens with zero attached hydrogens (tertiary/aromatic N) is 2. The highest BCUT2D eigenvalue weighted by molar-refractivity contribution is 6.42. The highest BCUT2D eigenvalue weighted by Crippen LogP contribution is 2.29. The molecule has 0 bridgehead atoms. The van der Waals surface area contributed by atoms with E-state index in [-0.39, 0.29) is 5.91 Å². The minimum atomic E-state index is -0.0780. The van der Waals surface area contributed by atoms with Gasteiger partial charge in [-0.25, -0.2) is 0 Å². The zero-order valence-corrected chi connectivity index (χ0v) is 18.2. The first-order chi connectivity index (χ1) is 13.3. The van der Waals surface area contributed by atoms with E-state index in [9.17, 15) is 4.79 Å². The van der Waals surface area contributed by atoms with E-state index in [2.05, 4.69) is 4.90 Å². The summed E-state index contributed by atoms with van der Waals surface area (Å²) < 4.78 is 10.6. The molecule has 0 atom stereocenters. The summed E-state index contributed by atoms with van der Waals surface area (Å²) in [5.74, 6) is 1.03. The second kappa shape index (κ2) is 10.6. The Labute approximate surface area is 176 Å². The second-order valence-corrected chi connectivity index (χ2v) is 7.52. The van der Waals surface area contributed by atoms with Crippen molar-refractivity contribution < 1.29 is 14.3 Å². The van der Waals surface area contributed by atoms with E-state index in [1.54, 1.807) is 44.6 Å². The van der Waals surface area contributed by atoms with Gasteiger partial charge >= 0.3 is 0 Å². The minimum absolute atomic E-state index is 0.0780. The first kappa shape index (κ1) is 22.3. The number of carbonyl (C=O) groups is 1. The first-order valence-corrected chi connectivity index (χ1v) is 9.71. The summed E-state index contributed by atoms with van der Waals surface area (Å²) in [5, 5.41) is 0.974. The number of carbonyl (C=O) groups excluding carboxylic acids is 1. The molecule has 0 saturated heterocycles. The van der Waals surface area contributed by atoms with E-state index in [4.69, 9.17) is 32.7 Å². The number of benzene rings is 2. The summed E-state index contributed by atoms with van der Waals surface area (Å²) >= 11 is 12.2. The van der Waals surface area contributed by atoms with Gasteiger partial charge in [-0.1, -0.05) is 29.3 Å². The molecule has 7 heteroatoms. The fraction of sp³-hybridized carbons (Fsp3) is 0.381. The predicted octanol–water partition coefficient (Wildman–Crippen LogP) is 4.60. The third-order valence-electron chi connectivity index (χ3n) is 4.31. The minimum Gasteiger partial charge on any atom is -0.493 e. The standard InChI is InChI=1S/C21H26Cl2N2O3/c1-24(2)10-5-11-25(14-15-6-8-17(22)18(23)12-15)21(26)16-7-9-19(27-3)20(13-16)28-4/h6-9,12-13H,5,10-11,14H2,1-4H3. The number of hydrogen-bond donors (Lipinski definition) is 0. The second-order valence-electron chi connectivity index (χ2n) is 6.70. The Bertz CT molecular complexity index is 812. The highest BCUT2D eigenvalue weighted by atomic mass is 35.5. The molecule has 1 amide bonds. The number of hydrogen-bond acceptors (Lipinski definition) is 4. The molecule has 0 spiro atoms. The maximum absolute atomic E-state index is 13.2. The van der Waals surface area contributed by atoms with Crippen molar-refractivity contribution in [3.8, 4) is 11.5 Å². The van der Waals surface area contributed by atoms with Crippen LogP contribution in [0.3, 0.4) is 0 Å². The zero-order chi connectivity index (χ0) is 20.7. The van der Waals surface area contributed by atoms with Gasteiger partial charge in [0.2, 0.25) is 0 Å². The van der Waals surface area contributed by atoms with Crippen molar-refractivity contribution >= 4 is 29.1 Å². The average molecular weight is 425 g/mol. The lowest BCUT2D eigenvalue weighted by atomic mass is 10.1. The SMILES string of the molecule is COc1ccc(C(=O)N(CCCN(C)C)Cc2ccc(Cl)c(Cl)c2)cc1OC. The maximum Gasteiger partial charge on any atom is 0.254 e. The monoisotopic (exact) mass is 424 g/mol. The quantitative estimate of drug-likeness (QED) is 0.589. The van der Waals surface area contributed by atoms with Gasteiger partial charge < -0.3 is 19.3 Å². The largest absolute Gasteiger partial charge is 0.493 e. The molecule has 0 N–H and O–H groups in total. The molecular weight excluding hydrogens is 399 g/mol. The summed E-state index contributed by atoms with van der Waals surface area (Å²) in [7, 11) is 7.15. The number of methoxy groups -OCH3 is 2. The van der Waals surface area contributed by atoms with E-state index in [1.165, 1.54) is 0 Å². The molecular formula is C21H26Cl2N2O3. The van der Waals surface area contributed by atoms with Crippen LogP contribution in [0.25, 0.3) is 0 Å². The van der Waals surface area contributed by atoms with Crippen molar-refractivity contribution in [2.45, 2.75) is 13.0 Å². The molecule has 5 nitrogen and oxygen atoms in total. The van der Waals surface area contributed by atoms with E-state index in [0.717, 1.165) is 18.5 Å². The summed E-state index contributed by atoms with van der Waals surface area (Å²) in [6, 6.07) is 10.6. The van der Waals surface area contributed by atoms with Crippen molar-refractivity contribution in [2.24, 2.45) is 0 Å². The summed E-state index contributed by atoms with van der Waals surface area (Å²) in [6.45, 7) is 1.94. The Hall–Kier alpha value is -1.95. The van der Waals surface area contributed by atoms with Crippen molar-refractivity contribution in [1.29, 1.82) is 0 Å². The van der Waals surface area contributed by atoms with Gasteiger partial charge in [-0.15, -0.1) is 0 Å². The zero-order valence-electron chi connectivity index (χ0n) is 16.7. The molecule has 0 fully saturated rings. The number of amides is 1. The number of rotatable bonds is 9. The fourth-order valence-electron chi connectivity index (χ4n) is 2.84. The molecule has 0 saturated carbocycles. The topological polar surface area (TPSA) is 42.0 Å². The Balaban J connectivity index is 2.26. The summed E-state index contributed by atoms with van der Waals surface area (Å²) in [5.41, 5.74) is 1.47. The fourth-order valence-corrected chi connectivity index (χ4v) is 3.16. The lowest BCUT2D eigenvalue weighted by Gasteiger charge is -2.24. The van der Waals surface area contributed by atoms with Crippen molar-refractivity contribution in [3.05, 3.63) is 57.6 Å². The number of halogens is 2. The van der Waals surface area contributed by atoms with Crippen LogP contribution < -0.4 is 9.47 Å². The molecule has 0 aliphatic carbocycles. The van der Waals surface area contributed by atoms with Crippen LogP contribution in [0.5, 0.6) is 11.5 Å². The third-order valence-corrected chi connectivity index (χ3v) is 5.05. The Morgan fingerprint density at radius 1 is 0.929 bits per heavy atom. The average Bonchev–Trinajstić information content (AvgIpc) is 2.68. The predicted molar refractivity (Wildman–Crippen MR) is 114 cm³/mol. The molecule has 0 radical (unpaired) electrons. The van der Waals surface area contributed by atoms with E-state index in [1.807, 2.05) is 25.1 Å². The Morgan fingerprint density at radius 2 is 1.64 bits per heavy atom. The first-order valence-electron chi connectivity index (χ1n) is 8.95. The van der Waals surface area contributed by atoms with Gasteiger partial charge in [0.05, 0.1) is 24.3 Å². The molecule has 152 valence electrons. The van der Waals surface area contributed by atoms with E-state index < -0.39 is 0 Å². The van der Waals surface area contributed by atoms with Gasteiger partial charge in [-0.2, -0.15) is 0 Å². The van der Waals surface area contributed by atoms with E-state index >= 15 is 0 Å². The lowest BCUT2D eigenvalue weighted by molar-refractivity contribution is 0.0737. The van der Waals surface area contributed by atoms with Crippen LogP contribution in [-0.2, 0) is 6.54 Å². The van der Waals surface area contributed by atoms with Crippen LogP contribution >= 0.6 is 23.2 Å². The van der Waals surface area contributed by atoms with Crippen LogP contribution in [0.1, 0.15) is 22.3 Å². The Morgan fingerprint density at radius 3 is 2.25 bits per heavy atom. The van der Waals surface area contributed by atoms with Crippen LogP contribution in [0.15, 0.2) is 36.4 Å². The van der Waals surface area contributed by atoms with Gasteiger partial charge in [0.15, 0.2) is 11.5 Å². The molecule has 0 aliphatic heterocycles. The molecule has 0 aliphatic rings. The van der Waals surface area contributed by atoms with Crippen LogP contribution in [0.2, 0.25) is 10.0 Å². The summed E-state index contributed by atoms with van der Waals surface area (Å²) in [6.07, 6.45) is 0.855. The lowest BCUT2D eigenvalue weighted by Crippen LogP contribution is -2.33. The van der Waals surface area contributed by atoms with Gasteiger partial charge in [0.1, 0.15) is 0 Å². The third kappa shape index (κ3) is 6.03. The highest BCUT2D eigenvalue weighted by Gasteiger charge is 2.18. The maximum atomic E-state index is 13.2. The van der Waals surface area contributed by atoms with Gasteiger partial charge in [-0.05, 0) is 63.0 Å². The Kier molecular flexibility index (Phi) is 8.42. The molecule has 2 aromatic rings. The molecule has 0 aromatic heterocycles. The molecule has 2 rings (SSSR count). The van der Waals surface area contributed by atoms with Gasteiger partial charge in [0.25, 0.3) is 5.91 Å². The van der Waals surface area contributed by atoms with Crippen LogP contribution in [-0.4, -0.2) is 57.1 Å². The van der Waals surface area contributed by atoms with Gasteiger partial charge in [0, 0.05) is 18.7 Å². The normalized spacial score (nSPS) is 10.8. The van der Waals surface area contributed by atoms with Crippen molar-refractivity contribution in [2.75, 3.05) is 41.4 Å². The molecule has 0 heterocycles. The van der Waals surface area contributed by atoms with Crippen molar-refractivity contribution in [3.63, 3.8) is 0 Å². The summed E-state index contributed by atoms with van der Waals surface area (Å²) in [4.78, 5) is 17.1.